The van der Waals surface area contributed by atoms with Gasteiger partial charge >= 0.3 is 5.97 Å². The first-order chi connectivity index (χ1) is 8.69. The number of carbonyl (C=O) groups is 1. The fraction of sp³-hybridized carbons (Fsp3) is 0.933. The van der Waals surface area contributed by atoms with E-state index in [1.165, 1.54) is 25.7 Å². The van der Waals surface area contributed by atoms with Crippen LogP contribution >= 0.6 is 0 Å². The number of aliphatic carboxylic acids is 1. The van der Waals surface area contributed by atoms with Crippen LogP contribution in [0.1, 0.15) is 71.1 Å². The highest BCUT2D eigenvalue weighted by Crippen LogP contribution is 2.39. The van der Waals surface area contributed by atoms with Crippen molar-refractivity contribution in [2.24, 2.45) is 5.92 Å². The summed E-state index contributed by atoms with van der Waals surface area (Å²) in [4.78, 5) is 11.8. The van der Waals surface area contributed by atoms with Crippen LogP contribution < -0.4 is 5.32 Å². The Kier molecular flexibility index (Phi) is 4.66. The first-order valence-electron chi connectivity index (χ1n) is 7.70. The largest absolute Gasteiger partial charge is 0.480 e. The molecule has 0 aromatic rings. The molecule has 0 aliphatic heterocycles. The molecule has 0 aromatic carbocycles. The van der Waals surface area contributed by atoms with Crippen LogP contribution in [0.5, 0.6) is 0 Å². The average molecular weight is 253 g/mol. The molecule has 2 unspecified atom stereocenters. The molecule has 0 radical (unpaired) electrons. The van der Waals surface area contributed by atoms with Gasteiger partial charge in [0, 0.05) is 6.04 Å². The minimum Gasteiger partial charge on any atom is -0.480 e. The minimum absolute atomic E-state index is 0.318. The first kappa shape index (κ1) is 13.9. The van der Waals surface area contributed by atoms with Crippen molar-refractivity contribution in [3.8, 4) is 0 Å². The summed E-state index contributed by atoms with van der Waals surface area (Å²) in [6.45, 7) is 2.13. The van der Waals surface area contributed by atoms with Crippen molar-refractivity contribution < 1.29 is 9.90 Å². The summed E-state index contributed by atoms with van der Waals surface area (Å²) < 4.78 is 0. The number of carboxylic acids is 1. The van der Waals surface area contributed by atoms with Gasteiger partial charge < -0.3 is 5.11 Å². The second-order valence-electron chi connectivity index (χ2n) is 6.11. The molecule has 2 aliphatic rings. The lowest BCUT2D eigenvalue weighted by atomic mass is 9.83. The second-order valence-corrected chi connectivity index (χ2v) is 6.11. The number of rotatable bonds is 4. The van der Waals surface area contributed by atoms with Gasteiger partial charge in [-0.25, -0.2) is 0 Å². The lowest BCUT2D eigenvalue weighted by molar-refractivity contribution is -0.147. The fourth-order valence-corrected chi connectivity index (χ4v) is 3.95. The number of hydrogen-bond acceptors (Lipinski definition) is 2. The molecule has 0 amide bonds. The number of nitrogens with one attached hydrogen (secondary N) is 1. The highest BCUT2D eigenvalue weighted by Gasteiger charge is 2.49. The van der Waals surface area contributed by atoms with Gasteiger partial charge in [0.2, 0.25) is 0 Å². The Morgan fingerprint density at radius 2 is 1.83 bits per heavy atom. The van der Waals surface area contributed by atoms with Crippen molar-refractivity contribution in [1.29, 1.82) is 0 Å². The topological polar surface area (TPSA) is 49.3 Å². The summed E-state index contributed by atoms with van der Waals surface area (Å²) in [6.07, 6.45) is 11.4. The van der Waals surface area contributed by atoms with Gasteiger partial charge in [-0.2, -0.15) is 0 Å². The maximum absolute atomic E-state index is 11.8. The summed E-state index contributed by atoms with van der Waals surface area (Å²) in [5, 5.41) is 13.3. The molecule has 0 aromatic heterocycles. The molecule has 2 fully saturated rings. The molecule has 104 valence electrons. The molecule has 2 N–H and O–H groups in total. The van der Waals surface area contributed by atoms with Crippen LogP contribution in [0.15, 0.2) is 0 Å². The average Bonchev–Trinajstić information content (AvgIpc) is 2.59. The predicted molar refractivity (Wildman–Crippen MR) is 72.6 cm³/mol. The molecular formula is C15H27NO2. The van der Waals surface area contributed by atoms with Gasteiger partial charge in [0.1, 0.15) is 5.54 Å². The maximum Gasteiger partial charge on any atom is 0.324 e. The summed E-state index contributed by atoms with van der Waals surface area (Å²) >= 11 is 0. The lowest BCUT2D eigenvalue weighted by Gasteiger charge is -2.36. The second kappa shape index (κ2) is 6.05. The van der Waals surface area contributed by atoms with Gasteiger partial charge in [0.05, 0.1) is 0 Å². The summed E-state index contributed by atoms with van der Waals surface area (Å²) in [7, 11) is 0. The van der Waals surface area contributed by atoms with Crippen LogP contribution in [0, 0.1) is 5.92 Å². The van der Waals surface area contributed by atoms with E-state index in [1.807, 2.05) is 0 Å². The van der Waals surface area contributed by atoms with E-state index in [0.29, 0.717) is 12.0 Å². The van der Waals surface area contributed by atoms with Crippen molar-refractivity contribution in [1.82, 2.24) is 5.32 Å². The van der Waals surface area contributed by atoms with E-state index >= 15 is 0 Å². The summed E-state index contributed by atoms with van der Waals surface area (Å²) in [5.41, 5.74) is -0.621. The van der Waals surface area contributed by atoms with Gasteiger partial charge in [0.25, 0.3) is 0 Å². The Hall–Kier alpha value is -0.570. The van der Waals surface area contributed by atoms with Gasteiger partial charge in [-0.05, 0) is 31.6 Å². The van der Waals surface area contributed by atoms with E-state index in [4.69, 9.17) is 0 Å². The van der Waals surface area contributed by atoms with E-state index in [2.05, 4.69) is 12.2 Å². The molecule has 0 saturated heterocycles. The van der Waals surface area contributed by atoms with Crippen molar-refractivity contribution in [2.45, 2.75) is 82.7 Å². The Balaban J connectivity index is 2.07. The van der Waals surface area contributed by atoms with E-state index in [0.717, 1.165) is 38.5 Å². The Labute approximate surface area is 110 Å². The van der Waals surface area contributed by atoms with Crippen LogP contribution in [0.3, 0.4) is 0 Å². The Morgan fingerprint density at radius 1 is 1.17 bits per heavy atom. The Morgan fingerprint density at radius 3 is 2.39 bits per heavy atom. The smallest absolute Gasteiger partial charge is 0.324 e. The fourth-order valence-electron chi connectivity index (χ4n) is 3.95. The zero-order chi connectivity index (χ0) is 13.0. The van der Waals surface area contributed by atoms with Crippen LogP contribution in [0.25, 0.3) is 0 Å². The molecule has 0 bridgehead atoms. The summed E-state index contributed by atoms with van der Waals surface area (Å²) in [6, 6.07) is 0.427. The Bertz CT molecular complexity index is 284. The first-order valence-corrected chi connectivity index (χ1v) is 7.70. The molecular weight excluding hydrogens is 226 g/mol. The van der Waals surface area contributed by atoms with Crippen LogP contribution in [-0.2, 0) is 4.79 Å². The zero-order valence-corrected chi connectivity index (χ0v) is 11.6. The van der Waals surface area contributed by atoms with Crippen molar-refractivity contribution in [3.63, 3.8) is 0 Å². The number of hydrogen-bond donors (Lipinski definition) is 2. The standard InChI is InChI=1S/C15H27NO2/c1-2-12-8-7-11-15(12,14(17)18)16-13-9-5-3-4-6-10-13/h12-13,16H,2-11H2,1H3,(H,17,18). The zero-order valence-electron chi connectivity index (χ0n) is 11.6. The normalized spacial score (nSPS) is 34.4. The molecule has 3 heteroatoms. The van der Waals surface area contributed by atoms with Gasteiger partial charge in [0.15, 0.2) is 0 Å². The van der Waals surface area contributed by atoms with Gasteiger partial charge in [-0.15, -0.1) is 0 Å². The SMILES string of the molecule is CCC1CCCC1(NC1CCCCCC1)C(=O)O. The van der Waals surface area contributed by atoms with Crippen molar-refractivity contribution in [3.05, 3.63) is 0 Å². The molecule has 18 heavy (non-hydrogen) atoms. The molecule has 0 spiro atoms. The molecule has 2 saturated carbocycles. The van der Waals surface area contributed by atoms with Crippen molar-refractivity contribution >= 4 is 5.97 Å². The third-order valence-corrected chi connectivity index (χ3v) is 5.01. The van der Waals surface area contributed by atoms with E-state index in [-0.39, 0.29) is 0 Å². The molecule has 0 heterocycles. The highest BCUT2D eigenvalue weighted by atomic mass is 16.4. The van der Waals surface area contributed by atoms with E-state index in [1.54, 1.807) is 0 Å². The van der Waals surface area contributed by atoms with Crippen molar-refractivity contribution in [2.75, 3.05) is 0 Å². The summed E-state index contributed by atoms with van der Waals surface area (Å²) in [5.74, 6) is -0.297. The maximum atomic E-state index is 11.8. The highest BCUT2D eigenvalue weighted by molar-refractivity contribution is 5.79. The van der Waals surface area contributed by atoms with E-state index < -0.39 is 11.5 Å². The molecule has 3 nitrogen and oxygen atoms in total. The molecule has 2 rings (SSSR count). The van der Waals surface area contributed by atoms with Crippen LogP contribution in [0.2, 0.25) is 0 Å². The molecule has 2 atom stereocenters. The molecule has 2 aliphatic carbocycles. The quantitative estimate of drug-likeness (QED) is 0.756. The predicted octanol–water partition coefficient (Wildman–Crippen LogP) is 3.33. The minimum atomic E-state index is -0.621. The third-order valence-electron chi connectivity index (χ3n) is 5.01. The number of carboxylic acid groups (broad SMARTS) is 1. The monoisotopic (exact) mass is 253 g/mol. The van der Waals surface area contributed by atoms with Crippen LogP contribution in [-0.4, -0.2) is 22.7 Å². The third kappa shape index (κ3) is 2.71. The lowest BCUT2D eigenvalue weighted by Crippen LogP contribution is -2.58. The van der Waals surface area contributed by atoms with E-state index in [9.17, 15) is 9.90 Å². The van der Waals surface area contributed by atoms with Gasteiger partial charge in [-0.3, -0.25) is 10.1 Å². The van der Waals surface area contributed by atoms with Crippen LogP contribution in [0.4, 0.5) is 0 Å². The van der Waals surface area contributed by atoms with Gasteiger partial charge in [-0.1, -0.05) is 45.4 Å².